The lowest BCUT2D eigenvalue weighted by Gasteiger charge is -2.29. The van der Waals surface area contributed by atoms with Gasteiger partial charge in [-0.25, -0.2) is 14.0 Å². The normalized spacial score (nSPS) is 11.6. The number of carbonyl (C=O) groups excluding carboxylic acids is 2. The highest BCUT2D eigenvalue weighted by Crippen LogP contribution is 2.24. The molecule has 8 heteroatoms. The topological polar surface area (TPSA) is 95.9 Å². The van der Waals surface area contributed by atoms with Gasteiger partial charge in [0.25, 0.3) is 0 Å². The number of anilines is 2. The molecule has 0 aliphatic carbocycles. The van der Waals surface area contributed by atoms with Crippen LogP contribution >= 0.6 is 0 Å². The van der Waals surface area contributed by atoms with Crippen LogP contribution in [-0.2, 0) is 20.7 Å². The highest BCUT2D eigenvalue weighted by molar-refractivity contribution is 5.96. The van der Waals surface area contributed by atoms with Crippen molar-refractivity contribution in [1.82, 2.24) is 0 Å². The second-order valence-electron chi connectivity index (χ2n) is 7.22. The van der Waals surface area contributed by atoms with E-state index in [-0.39, 0.29) is 30.5 Å². The van der Waals surface area contributed by atoms with E-state index >= 15 is 0 Å². The number of amides is 2. The predicted molar refractivity (Wildman–Crippen MR) is 111 cm³/mol. The summed E-state index contributed by atoms with van der Waals surface area (Å²) in [5.74, 6) is -1.75. The highest BCUT2D eigenvalue weighted by Gasteiger charge is 2.32. The summed E-state index contributed by atoms with van der Waals surface area (Å²) in [7, 11) is 1.19. The van der Waals surface area contributed by atoms with Crippen LogP contribution in [0.2, 0.25) is 0 Å². The average Bonchev–Trinajstić information content (AvgIpc) is 2.69. The van der Waals surface area contributed by atoms with E-state index in [4.69, 9.17) is 4.74 Å². The van der Waals surface area contributed by atoms with Gasteiger partial charge < -0.3 is 15.2 Å². The van der Waals surface area contributed by atoms with E-state index in [0.29, 0.717) is 16.9 Å². The maximum Gasteiger partial charge on any atom is 0.414 e. The number of nitrogens with one attached hydrogen (secondary N) is 1. The third-order valence-corrected chi connectivity index (χ3v) is 4.37. The fourth-order valence-electron chi connectivity index (χ4n) is 2.97. The summed E-state index contributed by atoms with van der Waals surface area (Å²) in [5.41, 5.74) is 1.48. The average molecular weight is 416 g/mol. The molecule has 0 saturated heterocycles. The number of aliphatic carboxylic acids is 1. The van der Waals surface area contributed by atoms with Crippen molar-refractivity contribution in [2.75, 3.05) is 17.3 Å². The number of rotatable bonds is 8. The van der Waals surface area contributed by atoms with E-state index in [2.05, 4.69) is 5.32 Å². The maximum absolute atomic E-state index is 13.0. The van der Waals surface area contributed by atoms with Crippen LogP contribution in [-0.4, -0.2) is 36.2 Å². The number of hydrogen-bond acceptors (Lipinski definition) is 4. The number of hydrogen-bond donors (Lipinski definition) is 2. The highest BCUT2D eigenvalue weighted by atomic mass is 19.1. The second kappa shape index (κ2) is 10.4. The number of nitrogens with zero attached hydrogens (tertiary/aromatic N) is 1. The molecule has 2 aromatic rings. The minimum Gasteiger partial charge on any atom is -0.480 e. The summed E-state index contributed by atoms with van der Waals surface area (Å²) in [4.78, 5) is 37.3. The van der Waals surface area contributed by atoms with Crippen molar-refractivity contribution < 1.29 is 28.6 Å². The molecule has 0 saturated carbocycles. The molecule has 2 amide bonds. The summed E-state index contributed by atoms with van der Waals surface area (Å²) in [6, 6.07) is 10.8. The molecule has 30 heavy (non-hydrogen) atoms. The smallest absolute Gasteiger partial charge is 0.414 e. The van der Waals surface area contributed by atoms with Crippen LogP contribution in [0.5, 0.6) is 0 Å². The van der Waals surface area contributed by atoms with Crippen LogP contribution in [0.4, 0.5) is 20.6 Å². The first-order valence-electron chi connectivity index (χ1n) is 9.45. The Morgan fingerprint density at radius 1 is 1.07 bits per heavy atom. The Kier molecular flexibility index (Phi) is 7.91. The lowest BCUT2D eigenvalue weighted by Crippen LogP contribution is -2.46. The minimum absolute atomic E-state index is 0.0447. The molecule has 0 radical (unpaired) electrons. The lowest BCUT2D eigenvalue weighted by atomic mass is 10.0. The molecule has 0 heterocycles. The first-order valence-corrected chi connectivity index (χ1v) is 9.45. The van der Waals surface area contributed by atoms with E-state index in [0.717, 1.165) is 4.90 Å². The van der Waals surface area contributed by atoms with Crippen molar-refractivity contribution in [3.63, 3.8) is 0 Å². The van der Waals surface area contributed by atoms with Gasteiger partial charge in [0.1, 0.15) is 11.9 Å². The van der Waals surface area contributed by atoms with Crippen LogP contribution in [0.1, 0.15) is 25.8 Å². The van der Waals surface area contributed by atoms with Crippen LogP contribution < -0.4 is 10.2 Å². The van der Waals surface area contributed by atoms with Gasteiger partial charge in [-0.3, -0.25) is 9.69 Å². The van der Waals surface area contributed by atoms with Gasteiger partial charge in [-0.05, 0) is 54.3 Å². The Morgan fingerprint density at radius 3 is 2.17 bits per heavy atom. The largest absolute Gasteiger partial charge is 0.480 e. The molecule has 2 N–H and O–H groups in total. The summed E-state index contributed by atoms with van der Waals surface area (Å²) in [5, 5.41) is 12.3. The fraction of sp³-hybridized carbons (Fsp3) is 0.318. The van der Waals surface area contributed by atoms with Crippen molar-refractivity contribution in [3.8, 4) is 0 Å². The van der Waals surface area contributed by atoms with Crippen LogP contribution in [0.3, 0.4) is 0 Å². The van der Waals surface area contributed by atoms with Gasteiger partial charge in [0.2, 0.25) is 5.91 Å². The van der Waals surface area contributed by atoms with Gasteiger partial charge in [0.05, 0.1) is 13.5 Å². The molecular formula is C22H25FN2O5. The molecule has 0 fully saturated rings. The van der Waals surface area contributed by atoms with Gasteiger partial charge in [-0.1, -0.05) is 26.0 Å². The van der Waals surface area contributed by atoms with Crippen LogP contribution in [0, 0.1) is 11.7 Å². The molecule has 0 unspecified atom stereocenters. The van der Waals surface area contributed by atoms with Crippen molar-refractivity contribution in [2.24, 2.45) is 5.92 Å². The molecule has 0 spiro atoms. The summed E-state index contributed by atoms with van der Waals surface area (Å²) >= 11 is 0. The summed E-state index contributed by atoms with van der Waals surface area (Å²) < 4.78 is 17.7. The van der Waals surface area contributed by atoms with Crippen molar-refractivity contribution >= 4 is 29.3 Å². The second-order valence-corrected chi connectivity index (χ2v) is 7.22. The number of carboxylic acids is 1. The molecule has 7 nitrogen and oxygen atoms in total. The number of carbonyl (C=O) groups is 3. The molecule has 0 bridgehead atoms. The Morgan fingerprint density at radius 2 is 1.67 bits per heavy atom. The Bertz CT molecular complexity index is 881. The lowest BCUT2D eigenvalue weighted by molar-refractivity contribution is -0.139. The number of benzene rings is 2. The SMILES string of the molecule is COC(=O)N(c1ccc(NC(=O)Cc2ccc(F)cc2)cc1)[C@@H](CC(C)C)C(=O)O. The molecule has 2 rings (SSSR count). The van der Waals surface area contributed by atoms with E-state index in [1.807, 2.05) is 13.8 Å². The van der Waals surface area contributed by atoms with E-state index in [1.54, 1.807) is 24.3 Å². The molecule has 160 valence electrons. The van der Waals surface area contributed by atoms with E-state index in [1.165, 1.54) is 31.4 Å². The molecule has 2 aromatic carbocycles. The van der Waals surface area contributed by atoms with Gasteiger partial charge >= 0.3 is 12.1 Å². The molecule has 0 aromatic heterocycles. The monoisotopic (exact) mass is 416 g/mol. The number of ether oxygens (including phenoxy) is 1. The fourth-order valence-corrected chi connectivity index (χ4v) is 2.97. The Hall–Kier alpha value is -3.42. The molecule has 1 atom stereocenters. The number of carboxylic acid groups (broad SMARTS) is 1. The molecular weight excluding hydrogens is 391 g/mol. The third kappa shape index (κ3) is 6.30. The van der Waals surface area contributed by atoms with E-state index in [9.17, 15) is 23.9 Å². The standard InChI is InChI=1S/C22H25FN2O5/c1-14(2)12-19(21(27)28)25(22(29)30-3)18-10-8-17(9-11-18)24-20(26)13-15-4-6-16(23)7-5-15/h4-11,14,19H,12-13H2,1-3H3,(H,24,26)(H,27,28)/t19-/m0/s1. The van der Waals surface area contributed by atoms with Gasteiger partial charge in [-0.15, -0.1) is 0 Å². The first kappa shape index (κ1) is 22.9. The predicted octanol–water partition coefficient (Wildman–Crippen LogP) is 4.08. The molecule has 0 aliphatic heterocycles. The zero-order valence-electron chi connectivity index (χ0n) is 17.1. The van der Waals surface area contributed by atoms with Gasteiger partial charge in [-0.2, -0.15) is 0 Å². The van der Waals surface area contributed by atoms with E-state index < -0.39 is 18.1 Å². The summed E-state index contributed by atoms with van der Waals surface area (Å²) in [6.07, 6.45) is -0.456. The number of halogens is 1. The zero-order valence-corrected chi connectivity index (χ0v) is 17.1. The Balaban J connectivity index is 2.15. The van der Waals surface area contributed by atoms with Gasteiger partial charge in [0.15, 0.2) is 0 Å². The maximum atomic E-state index is 13.0. The van der Waals surface area contributed by atoms with Crippen molar-refractivity contribution in [1.29, 1.82) is 0 Å². The molecule has 0 aliphatic rings. The third-order valence-electron chi connectivity index (χ3n) is 4.37. The minimum atomic E-state index is -1.13. The quantitative estimate of drug-likeness (QED) is 0.676. The Labute approximate surface area is 174 Å². The van der Waals surface area contributed by atoms with Crippen LogP contribution in [0.15, 0.2) is 48.5 Å². The zero-order chi connectivity index (χ0) is 22.3. The summed E-state index contributed by atoms with van der Waals surface area (Å²) in [6.45, 7) is 3.73. The first-order chi connectivity index (χ1) is 14.2. The van der Waals surface area contributed by atoms with Gasteiger partial charge in [0, 0.05) is 11.4 Å². The van der Waals surface area contributed by atoms with Crippen LogP contribution in [0.25, 0.3) is 0 Å². The van der Waals surface area contributed by atoms with Crippen molar-refractivity contribution in [2.45, 2.75) is 32.7 Å². The number of methoxy groups -OCH3 is 1. The van der Waals surface area contributed by atoms with Crippen molar-refractivity contribution in [3.05, 3.63) is 59.9 Å².